The van der Waals surface area contributed by atoms with Gasteiger partial charge in [-0.05, 0) is 25.1 Å². The molecule has 0 radical (unpaired) electrons. The number of alkyl halides is 3. The van der Waals surface area contributed by atoms with Crippen molar-refractivity contribution in [2.75, 3.05) is 6.61 Å². The molecule has 1 aromatic heterocycles. The zero-order chi connectivity index (χ0) is 20.1. The Hall–Kier alpha value is -2.94. The lowest BCUT2D eigenvalue weighted by Gasteiger charge is -2.10. The molecule has 0 aliphatic carbocycles. The second-order valence-electron chi connectivity index (χ2n) is 5.50. The Kier molecular flexibility index (Phi) is 5.93. The van der Waals surface area contributed by atoms with Gasteiger partial charge in [0.25, 0.3) is 0 Å². The number of halogens is 3. The summed E-state index contributed by atoms with van der Waals surface area (Å²) in [5.41, 5.74) is -0.277. The van der Waals surface area contributed by atoms with Crippen LogP contribution in [0.2, 0.25) is 0 Å². The fraction of sp³-hybridized carbons (Fsp3) is 0.158. The third-order valence-electron chi connectivity index (χ3n) is 3.53. The molecule has 1 heterocycles. The van der Waals surface area contributed by atoms with Crippen molar-refractivity contribution < 1.29 is 22.7 Å². The van der Waals surface area contributed by atoms with E-state index in [1.54, 1.807) is 31.2 Å². The highest BCUT2D eigenvalue weighted by Crippen LogP contribution is 2.35. The van der Waals surface area contributed by atoms with E-state index in [9.17, 15) is 18.0 Å². The second kappa shape index (κ2) is 8.39. The molecule has 0 N–H and O–H groups in total. The van der Waals surface area contributed by atoms with E-state index < -0.39 is 17.7 Å². The first kappa shape index (κ1) is 19.8. The van der Waals surface area contributed by atoms with Crippen LogP contribution in [-0.4, -0.2) is 27.8 Å². The minimum atomic E-state index is -4.47. The number of carbonyl (C=O) groups is 1. The van der Waals surface area contributed by atoms with Crippen molar-refractivity contribution in [3.63, 3.8) is 0 Å². The van der Waals surface area contributed by atoms with Crippen molar-refractivity contribution in [1.29, 1.82) is 0 Å². The van der Waals surface area contributed by atoms with Crippen LogP contribution in [0.25, 0.3) is 11.4 Å². The van der Waals surface area contributed by atoms with Crippen LogP contribution in [0.3, 0.4) is 0 Å². The summed E-state index contributed by atoms with van der Waals surface area (Å²) in [5, 5.41) is 7.98. The number of nitrogens with zero attached hydrogens (tertiary/aromatic N) is 3. The fourth-order valence-electron chi connectivity index (χ4n) is 2.27. The Morgan fingerprint density at radius 3 is 2.50 bits per heavy atom. The fourth-order valence-corrected chi connectivity index (χ4v) is 3.18. The molecule has 0 saturated heterocycles. The molecule has 0 bridgehead atoms. The van der Waals surface area contributed by atoms with E-state index in [0.29, 0.717) is 5.56 Å². The predicted octanol–water partition coefficient (Wildman–Crippen LogP) is 4.89. The summed E-state index contributed by atoms with van der Waals surface area (Å²) in [7, 11) is 0. The Bertz CT molecular complexity index is 982. The molecular formula is C19H14F3N3O2S. The van der Waals surface area contributed by atoms with Gasteiger partial charge in [0.15, 0.2) is 5.82 Å². The molecule has 144 valence electrons. The third kappa shape index (κ3) is 4.66. The third-order valence-corrected chi connectivity index (χ3v) is 4.50. The lowest BCUT2D eigenvalue weighted by atomic mass is 10.2. The highest BCUT2D eigenvalue weighted by molar-refractivity contribution is 7.99. The van der Waals surface area contributed by atoms with Gasteiger partial charge in [0.2, 0.25) is 5.69 Å². The average molecular weight is 405 g/mol. The van der Waals surface area contributed by atoms with Crippen LogP contribution in [-0.2, 0) is 10.9 Å². The van der Waals surface area contributed by atoms with Gasteiger partial charge in [-0.15, -0.1) is 10.2 Å². The monoisotopic (exact) mass is 405 g/mol. The summed E-state index contributed by atoms with van der Waals surface area (Å²) >= 11 is 0.893. The van der Waals surface area contributed by atoms with E-state index in [1.165, 1.54) is 12.1 Å². The number of benzene rings is 2. The molecular weight excluding hydrogens is 391 g/mol. The maximum absolute atomic E-state index is 13.0. The Labute approximate surface area is 163 Å². The molecule has 3 rings (SSSR count). The molecule has 0 atom stereocenters. The van der Waals surface area contributed by atoms with E-state index >= 15 is 0 Å². The van der Waals surface area contributed by atoms with E-state index in [4.69, 9.17) is 4.74 Å². The van der Waals surface area contributed by atoms with Crippen LogP contribution in [0.15, 0.2) is 64.5 Å². The number of hydrogen-bond donors (Lipinski definition) is 0. The van der Waals surface area contributed by atoms with Crippen LogP contribution in [0.1, 0.15) is 23.0 Å². The van der Waals surface area contributed by atoms with Gasteiger partial charge in [0.05, 0.1) is 12.2 Å². The Morgan fingerprint density at radius 2 is 1.82 bits per heavy atom. The zero-order valence-electron chi connectivity index (χ0n) is 14.6. The van der Waals surface area contributed by atoms with Crippen LogP contribution >= 0.6 is 11.8 Å². The van der Waals surface area contributed by atoms with E-state index in [1.807, 2.05) is 6.07 Å². The molecule has 5 nitrogen and oxygen atoms in total. The van der Waals surface area contributed by atoms with Crippen molar-refractivity contribution >= 4 is 17.7 Å². The number of aromatic nitrogens is 3. The summed E-state index contributed by atoms with van der Waals surface area (Å²) in [6.07, 6.45) is -4.47. The molecule has 2 aromatic carbocycles. The molecule has 3 aromatic rings. The van der Waals surface area contributed by atoms with Crippen molar-refractivity contribution in [3.8, 4) is 11.4 Å². The van der Waals surface area contributed by atoms with Crippen molar-refractivity contribution in [1.82, 2.24) is 15.2 Å². The molecule has 0 amide bonds. The Balaban J connectivity index is 2.02. The number of ether oxygens (including phenoxy) is 1. The van der Waals surface area contributed by atoms with Gasteiger partial charge < -0.3 is 4.74 Å². The summed E-state index contributed by atoms with van der Waals surface area (Å²) in [4.78, 5) is 16.8. The lowest BCUT2D eigenvalue weighted by Crippen LogP contribution is -2.12. The van der Waals surface area contributed by atoms with E-state index in [2.05, 4.69) is 15.2 Å². The van der Waals surface area contributed by atoms with Gasteiger partial charge in [0, 0.05) is 10.5 Å². The topological polar surface area (TPSA) is 65.0 Å². The molecule has 0 aliphatic rings. The summed E-state index contributed by atoms with van der Waals surface area (Å²) in [5.74, 6) is -0.486. The van der Waals surface area contributed by atoms with Crippen molar-refractivity contribution in [2.24, 2.45) is 0 Å². The highest BCUT2D eigenvalue weighted by Gasteiger charge is 2.30. The molecule has 0 aliphatic heterocycles. The second-order valence-corrected chi connectivity index (χ2v) is 6.57. The number of carbonyl (C=O) groups excluding carboxylic acids is 1. The standard InChI is InChI=1S/C19H14F3N3O2S/c1-2-27-18(26)15-17(23-16(25-24-15)12-7-4-3-5-8-12)28-14-10-6-9-13(11-14)19(20,21)22/h3-11H,2H2,1H3. The van der Waals surface area contributed by atoms with E-state index in [0.717, 1.165) is 23.9 Å². The van der Waals surface area contributed by atoms with Crippen LogP contribution in [0.4, 0.5) is 13.2 Å². The molecule has 0 fully saturated rings. The minimum absolute atomic E-state index is 0.117. The first-order valence-corrected chi connectivity index (χ1v) is 9.02. The van der Waals surface area contributed by atoms with Crippen LogP contribution < -0.4 is 0 Å². The van der Waals surface area contributed by atoms with E-state index in [-0.39, 0.29) is 28.0 Å². The SMILES string of the molecule is CCOC(=O)c1nnc(-c2ccccc2)nc1Sc1cccc(C(F)(F)F)c1. The van der Waals surface area contributed by atoms with Gasteiger partial charge in [-0.1, -0.05) is 48.2 Å². The summed E-state index contributed by atoms with van der Waals surface area (Å²) < 4.78 is 43.9. The maximum atomic E-state index is 13.0. The zero-order valence-corrected chi connectivity index (χ0v) is 15.4. The Morgan fingerprint density at radius 1 is 1.07 bits per heavy atom. The van der Waals surface area contributed by atoms with Gasteiger partial charge >= 0.3 is 12.1 Å². The number of esters is 1. The van der Waals surface area contributed by atoms with Gasteiger partial charge in [-0.2, -0.15) is 13.2 Å². The number of rotatable bonds is 5. The van der Waals surface area contributed by atoms with Gasteiger partial charge in [-0.3, -0.25) is 0 Å². The first-order chi connectivity index (χ1) is 13.4. The molecule has 0 saturated carbocycles. The quantitative estimate of drug-likeness (QED) is 0.564. The average Bonchev–Trinajstić information content (AvgIpc) is 2.68. The normalized spacial score (nSPS) is 11.3. The van der Waals surface area contributed by atoms with Crippen LogP contribution in [0, 0.1) is 0 Å². The molecule has 28 heavy (non-hydrogen) atoms. The molecule has 0 spiro atoms. The number of hydrogen-bond acceptors (Lipinski definition) is 6. The van der Waals surface area contributed by atoms with Gasteiger partial charge in [0.1, 0.15) is 5.03 Å². The summed E-state index contributed by atoms with van der Waals surface area (Å²) in [6.45, 7) is 1.76. The minimum Gasteiger partial charge on any atom is -0.461 e. The summed E-state index contributed by atoms with van der Waals surface area (Å²) in [6, 6.07) is 13.7. The van der Waals surface area contributed by atoms with Gasteiger partial charge in [-0.25, -0.2) is 9.78 Å². The molecule has 9 heteroatoms. The first-order valence-electron chi connectivity index (χ1n) is 8.21. The smallest absolute Gasteiger partial charge is 0.416 e. The van der Waals surface area contributed by atoms with Crippen LogP contribution in [0.5, 0.6) is 0 Å². The maximum Gasteiger partial charge on any atom is 0.416 e. The van der Waals surface area contributed by atoms with Crippen molar-refractivity contribution in [3.05, 3.63) is 65.9 Å². The predicted molar refractivity (Wildman–Crippen MR) is 96.8 cm³/mol. The lowest BCUT2D eigenvalue weighted by molar-refractivity contribution is -0.137. The largest absolute Gasteiger partial charge is 0.461 e. The highest BCUT2D eigenvalue weighted by atomic mass is 32.2. The van der Waals surface area contributed by atoms with Crippen molar-refractivity contribution in [2.45, 2.75) is 23.0 Å². The molecule has 0 unspecified atom stereocenters.